The fourth-order valence-electron chi connectivity index (χ4n) is 5.79. The largest absolute Gasteiger partial charge is 0.457 e. The van der Waals surface area contributed by atoms with Crippen molar-refractivity contribution in [3.05, 3.63) is 0 Å². The van der Waals surface area contributed by atoms with E-state index in [4.69, 9.17) is 4.74 Å². The Kier molecular flexibility index (Phi) is 3.69. The highest BCUT2D eigenvalue weighted by Crippen LogP contribution is 2.60. The number of Topliss-reactive ketones (excluding diaryl/α,β-unsaturated/α-hetero) is 1. The van der Waals surface area contributed by atoms with E-state index in [1.165, 1.54) is 19.3 Å². The van der Waals surface area contributed by atoms with Crippen LogP contribution in [-0.4, -0.2) is 30.8 Å². The van der Waals surface area contributed by atoms with Crippen molar-refractivity contribution in [1.82, 2.24) is 5.32 Å². The van der Waals surface area contributed by atoms with Gasteiger partial charge in [0.05, 0.1) is 5.92 Å². The predicted molar refractivity (Wildman–Crippen MR) is 82.3 cm³/mol. The number of ketones is 1. The van der Waals surface area contributed by atoms with Crippen LogP contribution in [0.5, 0.6) is 0 Å². The zero-order valence-electron chi connectivity index (χ0n) is 13.5. The summed E-state index contributed by atoms with van der Waals surface area (Å²) in [7, 11) is 0. The van der Waals surface area contributed by atoms with Crippen LogP contribution in [0, 0.1) is 29.1 Å². The Balaban J connectivity index is 1.33. The molecule has 0 radical (unpaired) electrons. The van der Waals surface area contributed by atoms with Gasteiger partial charge in [-0.25, -0.2) is 0 Å². The highest BCUT2D eigenvalue weighted by Gasteiger charge is 2.54. The molecule has 1 amide bonds. The lowest BCUT2D eigenvalue weighted by atomic mass is 9.48. The molecule has 5 fully saturated rings. The quantitative estimate of drug-likeness (QED) is 0.803. The molecule has 0 unspecified atom stereocenters. The van der Waals surface area contributed by atoms with Crippen LogP contribution in [-0.2, 0) is 19.1 Å². The minimum absolute atomic E-state index is 0.0151. The monoisotopic (exact) mass is 319 g/mol. The third-order valence-electron chi connectivity index (χ3n) is 6.57. The third-order valence-corrected chi connectivity index (χ3v) is 6.57. The van der Waals surface area contributed by atoms with Gasteiger partial charge < -0.3 is 10.1 Å². The highest BCUT2D eigenvalue weighted by molar-refractivity contribution is 5.88. The van der Waals surface area contributed by atoms with Crippen LogP contribution in [0.4, 0.5) is 0 Å². The summed E-state index contributed by atoms with van der Waals surface area (Å²) in [5.41, 5.74) is -0.199. The summed E-state index contributed by atoms with van der Waals surface area (Å²) in [6.07, 6.45) is 7.81. The fourth-order valence-corrected chi connectivity index (χ4v) is 5.79. The summed E-state index contributed by atoms with van der Waals surface area (Å²) in [6.45, 7) is 0.263. The molecule has 5 nitrogen and oxygen atoms in total. The van der Waals surface area contributed by atoms with Crippen LogP contribution < -0.4 is 5.32 Å². The number of amides is 1. The van der Waals surface area contributed by atoms with Gasteiger partial charge in [-0.1, -0.05) is 0 Å². The summed E-state index contributed by atoms with van der Waals surface area (Å²) in [5, 5.41) is 2.68. The average molecular weight is 319 g/mol. The Morgan fingerprint density at radius 2 is 1.70 bits per heavy atom. The molecular weight excluding hydrogens is 294 g/mol. The number of hydrogen-bond acceptors (Lipinski definition) is 4. The molecule has 1 N–H and O–H groups in total. The molecule has 1 heterocycles. The van der Waals surface area contributed by atoms with Crippen LogP contribution in [0.25, 0.3) is 0 Å². The maximum atomic E-state index is 12.8. The number of ether oxygens (including phenoxy) is 1. The molecule has 126 valence electrons. The van der Waals surface area contributed by atoms with Crippen molar-refractivity contribution in [2.45, 2.75) is 51.4 Å². The van der Waals surface area contributed by atoms with Crippen molar-refractivity contribution < 1.29 is 19.1 Å². The zero-order chi connectivity index (χ0) is 16.0. The normalized spacial score (nSPS) is 41.5. The van der Waals surface area contributed by atoms with E-state index in [1.807, 2.05) is 0 Å². The van der Waals surface area contributed by atoms with E-state index in [9.17, 15) is 14.4 Å². The van der Waals surface area contributed by atoms with Crippen LogP contribution in [0.3, 0.4) is 0 Å². The topological polar surface area (TPSA) is 72.5 Å². The number of carbonyl (C=O) groups excluding carboxylic acids is 3. The minimum atomic E-state index is -0.330. The number of esters is 1. The molecule has 1 atom stereocenters. The van der Waals surface area contributed by atoms with Gasteiger partial charge >= 0.3 is 5.97 Å². The van der Waals surface area contributed by atoms with Gasteiger partial charge in [-0.2, -0.15) is 0 Å². The van der Waals surface area contributed by atoms with Crippen LogP contribution in [0.1, 0.15) is 51.4 Å². The van der Waals surface area contributed by atoms with Crippen molar-refractivity contribution >= 4 is 17.7 Å². The number of carbonyl (C=O) groups is 3. The molecule has 5 aliphatic rings. The van der Waals surface area contributed by atoms with Gasteiger partial charge in [0.15, 0.2) is 12.4 Å². The summed E-state index contributed by atoms with van der Waals surface area (Å²) < 4.78 is 5.33. The second kappa shape index (κ2) is 5.60. The first-order chi connectivity index (χ1) is 11.0. The molecule has 4 aliphatic carbocycles. The summed E-state index contributed by atoms with van der Waals surface area (Å²) in [5.74, 6) is 1.65. The standard InChI is InChI=1S/C18H25NO4/c20-15(10-23-17(22)14-1-2-16(21)19-9-14)18-6-11-3-12(7-18)5-13(4-11)8-18/h11-14H,1-10H2,(H,19,21)/t11?,12?,13?,14-,18?/m0/s1. The van der Waals surface area contributed by atoms with E-state index in [-0.39, 0.29) is 35.6 Å². The lowest BCUT2D eigenvalue weighted by Crippen LogP contribution is -2.51. The summed E-state index contributed by atoms with van der Waals surface area (Å²) >= 11 is 0. The zero-order valence-corrected chi connectivity index (χ0v) is 13.5. The van der Waals surface area contributed by atoms with Crippen LogP contribution >= 0.6 is 0 Å². The van der Waals surface area contributed by atoms with Gasteiger partial charge in [0.2, 0.25) is 5.91 Å². The van der Waals surface area contributed by atoms with Crippen LogP contribution in [0.2, 0.25) is 0 Å². The molecule has 4 saturated carbocycles. The molecule has 5 heteroatoms. The van der Waals surface area contributed by atoms with E-state index < -0.39 is 0 Å². The SMILES string of the molecule is O=C1CC[C@H](C(=O)OCC(=O)C23CC4CC(CC(C4)C2)C3)CN1. The molecule has 1 aliphatic heterocycles. The first kappa shape index (κ1) is 15.2. The molecule has 0 spiro atoms. The van der Waals surface area contributed by atoms with Gasteiger partial charge in [0, 0.05) is 18.4 Å². The number of hydrogen-bond donors (Lipinski definition) is 1. The van der Waals surface area contributed by atoms with Gasteiger partial charge in [0.1, 0.15) is 0 Å². The van der Waals surface area contributed by atoms with E-state index in [0.717, 1.165) is 37.0 Å². The Morgan fingerprint density at radius 3 is 2.22 bits per heavy atom. The minimum Gasteiger partial charge on any atom is -0.457 e. The van der Waals surface area contributed by atoms with Gasteiger partial charge in [-0.3, -0.25) is 14.4 Å². The lowest BCUT2D eigenvalue weighted by molar-refractivity contribution is -0.160. The second-order valence-corrected chi connectivity index (χ2v) is 8.27. The Bertz CT molecular complexity index is 496. The second-order valence-electron chi connectivity index (χ2n) is 8.27. The van der Waals surface area contributed by atoms with Crippen LogP contribution in [0.15, 0.2) is 0 Å². The summed E-state index contributed by atoms with van der Waals surface area (Å²) in [4.78, 5) is 36.0. The molecule has 0 aromatic carbocycles. The molecule has 5 rings (SSSR count). The molecule has 0 aromatic rings. The molecule has 23 heavy (non-hydrogen) atoms. The van der Waals surface area contributed by atoms with Gasteiger partial charge in [0.25, 0.3) is 0 Å². The molecule has 4 bridgehead atoms. The average Bonchev–Trinajstić information content (AvgIpc) is 2.51. The lowest BCUT2D eigenvalue weighted by Gasteiger charge is -2.55. The Hall–Kier alpha value is -1.39. The maximum Gasteiger partial charge on any atom is 0.311 e. The Labute approximate surface area is 136 Å². The Morgan fingerprint density at radius 1 is 1.09 bits per heavy atom. The first-order valence-corrected chi connectivity index (χ1v) is 9.01. The molecular formula is C18H25NO4. The van der Waals surface area contributed by atoms with Crippen molar-refractivity contribution in [3.8, 4) is 0 Å². The van der Waals surface area contributed by atoms with E-state index in [2.05, 4.69) is 5.32 Å². The van der Waals surface area contributed by atoms with Gasteiger partial charge in [-0.15, -0.1) is 0 Å². The molecule has 1 saturated heterocycles. The number of rotatable bonds is 4. The van der Waals surface area contributed by atoms with E-state index in [0.29, 0.717) is 19.4 Å². The predicted octanol–water partition coefficient (Wildman–Crippen LogP) is 1.84. The fraction of sp³-hybridized carbons (Fsp3) is 0.833. The van der Waals surface area contributed by atoms with E-state index >= 15 is 0 Å². The number of nitrogens with one attached hydrogen (secondary N) is 1. The van der Waals surface area contributed by atoms with Crippen molar-refractivity contribution in [2.75, 3.05) is 13.2 Å². The van der Waals surface area contributed by atoms with Crippen molar-refractivity contribution in [2.24, 2.45) is 29.1 Å². The molecule has 0 aromatic heterocycles. The maximum absolute atomic E-state index is 12.8. The number of piperidine rings is 1. The van der Waals surface area contributed by atoms with E-state index in [1.54, 1.807) is 0 Å². The highest BCUT2D eigenvalue weighted by atomic mass is 16.5. The third kappa shape index (κ3) is 2.79. The van der Waals surface area contributed by atoms with Crippen molar-refractivity contribution in [3.63, 3.8) is 0 Å². The summed E-state index contributed by atoms with van der Waals surface area (Å²) in [6, 6.07) is 0. The first-order valence-electron chi connectivity index (χ1n) is 9.01. The van der Waals surface area contributed by atoms with Crippen molar-refractivity contribution in [1.29, 1.82) is 0 Å². The smallest absolute Gasteiger partial charge is 0.311 e. The van der Waals surface area contributed by atoms with Gasteiger partial charge in [-0.05, 0) is 62.7 Å².